The molecule has 2 aliphatic rings. The van der Waals surface area contributed by atoms with Crippen LogP contribution in [0.25, 0.3) is 0 Å². The van der Waals surface area contributed by atoms with Crippen LogP contribution in [-0.4, -0.2) is 68.7 Å². The van der Waals surface area contributed by atoms with E-state index in [2.05, 4.69) is 10.2 Å². The van der Waals surface area contributed by atoms with Gasteiger partial charge in [-0.05, 0) is 12.8 Å². The van der Waals surface area contributed by atoms with Crippen LogP contribution in [0.3, 0.4) is 0 Å². The average molecular weight is 289 g/mol. The molecule has 0 aromatic heterocycles. The maximum atomic E-state index is 12.5. The minimum absolute atomic E-state index is 0.262. The quantitative estimate of drug-likeness (QED) is 0.773. The Morgan fingerprint density at radius 1 is 1.21 bits per heavy atom. The molecule has 1 saturated carbocycles. The molecule has 19 heavy (non-hydrogen) atoms. The molecule has 2 fully saturated rings. The van der Waals surface area contributed by atoms with Crippen molar-refractivity contribution < 1.29 is 8.42 Å². The Labute approximate surface area is 117 Å². The molecule has 1 heterocycles. The highest BCUT2D eigenvalue weighted by Crippen LogP contribution is 2.25. The number of sulfonamides is 1. The molecule has 0 unspecified atom stereocenters. The van der Waals surface area contributed by atoms with Crippen molar-refractivity contribution in [1.29, 1.82) is 0 Å². The molecule has 2 rings (SSSR count). The molecule has 0 bridgehead atoms. The van der Waals surface area contributed by atoms with Crippen molar-refractivity contribution in [2.75, 3.05) is 45.0 Å². The Kier molecular flexibility index (Phi) is 5.62. The smallest absolute Gasteiger partial charge is 0.215 e. The molecule has 0 atom stereocenters. The molecular formula is C13H27N3O2S. The zero-order chi connectivity index (χ0) is 13.7. The van der Waals surface area contributed by atoms with Gasteiger partial charge in [-0.1, -0.05) is 19.8 Å². The first kappa shape index (κ1) is 15.2. The summed E-state index contributed by atoms with van der Waals surface area (Å²) in [5.41, 5.74) is 0. The van der Waals surface area contributed by atoms with Gasteiger partial charge in [0, 0.05) is 45.3 Å². The van der Waals surface area contributed by atoms with Gasteiger partial charge in [-0.3, -0.25) is 4.90 Å². The minimum atomic E-state index is -3.08. The number of nitrogens with zero attached hydrogens (tertiary/aromatic N) is 2. The summed E-state index contributed by atoms with van der Waals surface area (Å²) in [5, 5.41) is 3.29. The van der Waals surface area contributed by atoms with E-state index in [9.17, 15) is 8.42 Å². The third kappa shape index (κ3) is 4.15. The van der Waals surface area contributed by atoms with Gasteiger partial charge >= 0.3 is 0 Å². The SMILES string of the molecule is CCN(C1CCCC1)S(=O)(=O)CCN1CCNCC1. The second-order valence-corrected chi connectivity index (χ2v) is 7.59. The van der Waals surface area contributed by atoms with Crippen LogP contribution >= 0.6 is 0 Å². The molecule has 1 aliphatic carbocycles. The van der Waals surface area contributed by atoms with E-state index in [-0.39, 0.29) is 11.8 Å². The van der Waals surface area contributed by atoms with Crippen LogP contribution < -0.4 is 5.32 Å². The van der Waals surface area contributed by atoms with Gasteiger partial charge in [0.1, 0.15) is 0 Å². The van der Waals surface area contributed by atoms with Crippen LogP contribution in [0.2, 0.25) is 0 Å². The topological polar surface area (TPSA) is 52.7 Å². The van der Waals surface area contributed by atoms with Crippen molar-refractivity contribution in [2.45, 2.75) is 38.6 Å². The van der Waals surface area contributed by atoms with Gasteiger partial charge in [-0.25, -0.2) is 8.42 Å². The molecule has 1 N–H and O–H groups in total. The fourth-order valence-electron chi connectivity index (χ4n) is 3.17. The van der Waals surface area contributed by atoms with Crippen molar-refractivity contribution in [3.05, 3.63) is 0 Å². The fourth-order valence-corrected chi connectivity index (χ4v) is 4.95. The maximum Gasteiger partial charge on any atom is 0.215 e. The van der Waals surface area contributed by atoms with E-state index in [4.69, 9.17) is 0 Å². The molecule has 0 spiro atoms. The summed E-state index contributed by atoms with van der Waals surface area (Å²) in [6.45, 7) is 7.12. The first-order valence-electron chi connectivity index (χ1n) is 7.56. The summed E-state index contributed by atoms with van der Waals surface area (Å²) in [5.74, 6) is 0.275. The van der Waals surface area contributed by atoms with Gasteiger partial charge in [0.05, 0.1) is 5.75 Å². The van der Waals surface area contributed by atoms with E-state index in [0.29, 0.717) is 13.1 Å². The predicted octanol–water partition coefficient (Wildman–Crippen LogP) is 0.486. The van der Waals surface area contributed by atoms with Gasteiger partial charge < -0.3 is 5.32 Å². The van der Waals surface area contributed by atoms with Crippen LogP contribution in [-0.2, 0) is 10.0 Å². The van der Waals surface area contributed by atoms with Crippen LogP contribution in [0.1, 0.15) is 32.6 Å². The number of piperazine rings is 1. The molecule has 5 nitrogen and oxygen atoms in total. The molecule has 1 aliphatic heterocycles. The summed E-state index contributed by atoms with van der Waals surface area (Å²) < 4.78 is 26.7. The van der Waals surface area contributed by atoms with Gasteiger partial charge in [0.25, 0.3) is 0 Å². The van der Waals surface area contributed by atoms with Crippen LogP contribution in [0, 0.1) is 0 Å². The van der Waals surface area contributed by atoms with Gasteiger partial charge in [0.2, 0.25) is 10.0 Å². The lowest BCUT2D eigenvalue weighted by atomic mass is 10.2. The fraction of sp³-hybridized carbons (Fsp3) is 1.00. The zero-order valence-electron chi connectivity index (χ0n) is 12.0. The lowest BCUT2D eigenvalue weighted by molar-refractivity contribution is 0.251. The van der Waals surface area contributed by atoms with E-state index < -0.39 is 10.0 Å². The Balaban J connectivity index is 1.88. The monoisotopic (exact) mass is 289 g/mol. The second kappa shape index (κ2) is 7.02. The van der Waals surface area contributed by atoms with Crippen LogP contribution in [0.4, 0.5) is 0 Å². The van der Waals surface area contributed by atoms with Crippen molar-refractivity contribution in [3.63, 3.8) is 0 Å². The summed E-state index contributed by atoms with van der Waals surface area (Å²) in [6, 6.07) is 0.262. The average Bonchev–Trinajstić information content (AvgIpc) is 2.92. The third-order valence-corrected chi connectivity index (χ3v) is 6.25. The van der Waals surface area contributed by atoms with E-state index >= 15 is 0 Å². The van der Waals surface area contributed by atoms with Gasteiger partial charge in [0.15, 0.2) is 0 Å². The summed E-state index contributed by atoms with van der Waals surface area (Å²) >= 11 is 0. The lowest BCUT2D eigenvalue weighted by Crippen LogP contribution is -2.47. The standard InChI is InChI=1S/C13H27N3O2S/c1-2-16(13-5-3-4-6-13)19(17,18)12-11-15-9-7-14-8-10-15/h13-14H,2-12H2,1H3. The molecule has 0 radical (unpaired) electrons. The molecule has 112 valence electrons. The van der Waals surface area contributed by atoms with E-state index in [1.54, 1.807) is 4.31 Å². The van der Waals surface area contributed by atoms with Crippen molar-refractivity contribution in [1.82, 2.24) is 14.5 Å². The number of rotatable bonds is 6. The number of nitrogens with one attached hydrogen (secondary N) is 1. The predicted molar refractivity (Wildman–Crippen MR) is 77.7 cm³/mol. The van der Waals surface area contributed by atoms with Gasteiger partial charge in [-0.2, -0.15) is 4.31 Å². The first-order valence-corrected chi connectivity index (χ1v) is 9.17. The number of hydrogen-bond acceptors (Lipinski definition) is 4. The summed E-state index contributed by atoms with van der Waals surface area (Å²) in [4.78, 5) is 2.25. The van der Waals surface area contributed by atoms with Crippen molar-refractivity contribution in [2.24, 2.45) is 0 Å². The highest BCUT2D eigenvalue weighted by atomic mass is 32.2. The maximum absolute atomic E-state index is 12.5. The lowest BCUT2D eigenvalue weighted by Gasteiger charge is -2.30. The van der Waals surface area contributed by atoms with E-state index in [0.717, 1.165) is 39.0 Å². The van der Waals surface area contributed by atoms with Crippen molar-refractivity contribution >= 4 is 10.0 Å². The van der Waals surface area contributed by atoms with Gasteiger partial charge in [-0.15, -0.1) is 0 Å². The van der Waals surface area contributed by atoms with Crippen molar-refractivity contribution in [3.8, 4) is 0 Å². The van der Waals surface area contributed by atoms with E-state index in [1.165, 1.54) is 12.8 Å². The summed E-state index contributed by atoms with van der Waals surface area (Å²) in [6.07, 6.45) is 4.43. The molecule has 1 saturated heterocycles. The molecule has 0 aromatic rings. The molecule has 0 aromatic carbocycles. The zero-order valence-corrected chi connectivity index (χ0v) is 12.8. The van der Waals surface area contributed by atoms with E-state index in [1.807, 2.05) is 6.92 Å². The summed E-state index contributed by atoms with van der Waals surface area (Å²) in [7, 11) is -3.08. The van der Waals surface area contributed by atoms with Crippen LogP contribution in [0.5, 0.6) is 0 Å². The normalized spacial score (nSPS) is 23.3. The third-order valence-electron chi connectivity index (χ3n) is 4.28. The Hall–Kier alpha value is -0.170. The molecule has 0 amide bonds. The molecular weight excluding hydrogens is 262 g/mol. The Morgan fingerprint density at radius 2 is 1.84 bits per heavy atom. The Bertz CT molecular complexity index is 360. The second-order valence-electron chi connectivity index (χ2n) is 5.55. The van der Waals surface area contributed by atoms with Crippen LogP contribution in [0.15, 0.2) is 0 Å². The Morgan fingerprint density at radius 3 is 2.42 bits per heavy atom. The molecule has 6 heteroatoms. The first-order chi connectivity index (χ1) is 9.13. The highest BCUT2D eigenvalue weighted by Gasteiger charge is 2.30. The highest BCUT2D eigenvalue weighted by molar-refractivity contribution is 7.89. The largest absolute Gasteiger partial charge is 0.314 e. The minimum Gasteiger partial charge on any atom is -0.314 e. The number of hydrogen-bond donors (Lipinski definition) is 1.